The summed E-state index contributed by atoms with van der Waals surface area (Å²) in [7, 11) is 3.95. The lowest BCUT2D eigenvalue weighted by Gasteiger charge is -2.19. The Labute approximate surface area is 256 Å². The summed E-state index contributed by atoms with van der Waals surface area (Å²) in [5.74, 6) is 1.92. The summed E-state index contributed by atoms with van der Waals surface area (Å²) in [5, 5.41) is 15.4. The van der Waals surface area contributed by atoms with Crippen LogP contribution in [0.4, 0.5) is 0 Å². The van der Waals surface area contributed by atoms with Crippen molar-refractivity contribution in [1.82, 2.24) is 10.6 Å². The van der Waals surface area contributed by atoms with Crippen molar-refractivity contribution in [3.05, 3.63) is 130 Å². The lowest BCUT2D eigenvalue weighted by Crippen LogP contribution is -2.15. The first-order chi connectivity index (χ1) is 20.8. The molecule has 0 aliphatic heterocycles. The van der Waals surface area contributed by atoms with E-state index in [4.69, 9.17) is 9.47 Å². The first-order valence-corrected chi connectivity index (χ1v) is 16.2. The predicted molar refractivity (Wildman–Crippen MR) is 180 cm³/mol. The lowest BCUT2D eigenvalue weighted by molar-refractivity contribution is 0.201. The molecule has 0 radical (unpaired) electrons. The van der Waals surface area contributed by atoms with Crippen molar-refractivity contribution in [2.75, 3.05) is 27.2 Å². The first-order valence-electron chi connectivity index (χ1n) is 14.4. The van der Waals surface area contributed by atoms with Gasteiger partial charge in [-0.05, 0) is 73.0 Å². The molecule has 2 atom stereocenters. The van der Waals surface area contributed by atoms with Gasteiger partial charge < -0.3 is 20.1 Å². The van der Waals surface area contributed by atoms with E-state index in [9.17, 15) is 0 Å². The summed E-state index contributed by atoms with van der Waals surface area (Å²) in [4.78, 5) is 2.55. The van der Waals surface area contributed by atoms with Gasteiger partial charge in [-0.15, -0.1) is 22.7 Å². The molecule has 2 aromatic heterocycles. The molecule has 6 heteroatoms. The van der Waals surface area contributed by atoms with E-state index >= 15 is 0 Å². The van der Waals surface area contributed by atoms with Crippen molar-refractivity contribution >= 4 is 44.2 Å². The van der Waals surface area contributed by atoms with Crippen LogP contribution >= 0.6 is 22.7 Å². The quantitative estimate of drug-likeness (QED) is 0.148. The van der Waals surface area contributed by atoms with Crippen molar-refractivity contribution in [2.45, 2.75) is 25.0 Å². The highest BCUT2D eigenvalue weighted by molar-refractivity contribution is 7.10. The highest BCUT2D eigenvalue weighted by atomic mass is 32.1. The topological polar surface area (TPSA) is 42.5 Å². The number of hydrogen-bond donors (Lipinski definition) is 2. The highest BCUT2D eigenvalue weighted by Gasteiger charge is 2.16. The van der Waals surface area contributed by atoms with Gasteiger partial charge in [-0.3, -0.25) is 0 Å². The zero-order chi connectivity index (χ0) is 29.0. The van der Waals surface area contributed by atoms with Crippen LogP contribution in [0, 0.1) is 0 Å². The molecular weight excluding hydrogens is 557 g/mol. The van der Waals surface area contributed by atoms with Crippen LogP contribution in [-0.2, 0) is 0 Å². The van der Waals surface area contributed by atoms with Crippen LogP contribution in [0.25, 0.3) is 21.5 Å². The highest BCUT2D eigenvalue weighted by Crippen LogP contribution is 2.34. The van der Waals surface area contributed by atoms with Gasteiger partial charge in [0, 0.05) is 33.4 Å². The fourth-order valence-electron chi connectivity index (χ4n) is 4.92. The molecule has 6 rings (SSSR count). The SMILES string of the molecule is CNCC[C@H](Oc1cccc2ccccc12)c1cccs1.CNCC[C@H](Oc1cccc2ccccc12)c1cccs1. The van der Waals surface area contributed by atoms with E-state index in [1.807, 2.05) is 14.1 Å². The van der Waals surface area contributed by atoms with Gasteiger partial charge in [-0.2, -0.15) is 0 Å². The van der Waals surface area contributed by atoms with Gasteiger partial charge in [0.05, 0.1) is 0 Å². The van der Waals surface area contributed by atoms with Crippen LogP contribution in [0.5, 0.6) is 11.5 Å². The third-order valence-corrected chi connectivity index (χ3v) is 9.00. The average molecular weight is 595 g/mol. The van der Waals surface area contributed by atoms with E-state index in [2.05, 4.69) is 131 Å². The van der Waals surface area contributed by atoms with E-state index in [1.54, 1.807) is 22.7 Å². The molecule has 4 nitrogen and oxygen atoms in total. The molecule has 2 heterocycles. The molecule has 0 bridgehead atoms. The predicted octanol–water partition coefficient (Wildman–Crippen LogP) is 9.26. The molecule has 0 fully saturated rings. The van der Waals surface area contributed by atoms with Crippen LogP contribution in [-0.4, -0.2) is 27.2 Å². The molecule has 0 aliphatic carbocycles. The average Bonchev–Trinajstić information content (AvgIpc) is 3.78. The van der Waals surface area contributed by atoms with Crippen LogP contribution in [0.2, 0.25) is 0 Å². The number of hydrogen-bond acceptors (Lipinski definition) is 6. The standard InChI is InChI=1S/2C18H19NOS/c2*1-19-12-11-17(18-10-5-13-21-18)20-16-9-4-7-14-6-2-3-8-15(14)16/h2*2-10,13,17,19H,11-12H2,1H3/t2*17-/m00/s1. The van der Waals surface area contributed by atoms with Crippen LogP contribution in [0.3, 0.4) is 0 Å². The van der Waals surface area contributed by atoms with Crippen molar-refractivity contribution in [3.63, 3.8) is 0 Å². The summed E-state index contributed by atoms with van der Waals surface area (Å²) in [6.07, 6.45) is 2.12. The second-order valence-electron chi connectivity index (χ2n) is 9.98. The number of nitrogens with one attached hydrogen (secondary N) is 2. The Morgan fingerprint density at radius 2 is 0.952 bits per heavy atom. The lowest BCUT2D eigenvalue weighted by atomic mass is 10.1. The number of ether oxygens (including phenoxy) is 2. The summed E-state index contributed by atoms with van der Waals surface area (Å²) in [5.41, 5.74) is 0. The largest absolute Gasteiger partial charge is 0.484 e. The molecule has 4 aromatic carbocycles. The minimum Gasteiger partial charge on any atom is -0.484 e. The van der Waals surface area contributed by atoms with Crippen molar-refractivity contribution in [3.8, 4) is 11.5 Å². The monoisotopic (exact) mass is 594 g/mol. The smallest absolute Gasteiger partial charge is 0.134 e. The van der Waals surface area contributed by atoms with Gasteiger partial charge in [0.15, 0.2) is 0 Å². The molecular formula is C36H38N2O2S2. The minimum absolute atomic E-state index is 0.100. The van der Waals surface area contributed by atoms with E-state index in [-0.39, 0.29) is 12.2 Å². The van der Waals surface area contributed by atoms with Crippen molar-refractivity contribution < 1.29 is 9.47 Å². The molecule has 0 aliphatic rings. The Morgan fingerprint density at radius 1 is 0.524 bits per heavy atom. The molecule has 6 aromatic rings. The number of benzene rings is 4. The normalized spacial score (nSPS) is 12.4. The Bertz CT molecular complexity index is 1500. The van der Waals surface area contributed by atoms with Gasteiger partial charge >= 0.3 is 0 Å². The van der Waals surface area contributed by atoms with Crippen LogP contribution in [0.15, 0.2) is 120 Å². The van der Waals surface area contributed by atoms with E-state index in [0.29, 0.717) is 0 Å². The molecule has 2 N–H and O–H groups in total. The van der Waals surface area contributed by atoms with E-state index < -0.39 is 0 Å². The molecule has 0 saturated carbocycles. The van der Waals surface area contributed by atoms with E-state index in [1.165, 1.54) is 31.3 Å². The summed E-state index contributed by atoms with van der Waals surface area (Å²) >= 11 is 3.51. The van der Waals surface area contributed by atoms with Crippen molar-refractivity contribution in [2.24, 2.45) is 0 Å². The zero-order valence-electron chi connectivity index (χ0n) is 24.2. The molecule has 216 valence electrons. The second kappa shape index (κ2) is 15.5. The number of rotatable bonds is 12. The molecule has 0 spiro atoms. The maximum atomic E-state index is 6.34. The third-order valence-electron chi connectivity index (χ3n) is 7.07. The minimum atomic E-state index is 0.100. The molecule has 0 unspecified atom stereocenters. The Morgan fingerprint density at radius 3 is 1.36 bits per heavy atom. The van der Waals surface area contributed by atoms with Crippen LogP contribution < -0.4 is 20.1 Å². The number of fused-ring (bicyclic) bond motifs is 2. The van der Waals surface area contributed by atoms with Gasteiger partial charge in [0.2, 0.25) is 0 Å². The number of thiophene rings is 2. The first kappa shape index (κ1) is 29.8. The van der Waals surface area contributed by atoms with Gasteiger partial charge in [-0.25, -0.2) is 0 Å². The summed E-state index contributed by atoms with van der Waals surface area (Å²) in [6.45, 7) is 1.88. The summed E-state index contributed by atoms with van der Waals surface area (Å²) in [6, 6.07) is 37.6. The fourth-order valence-corrected chi connectivity index (χ4v) is 6.50. The summed E-state index contributed by atoms with van der Waals surface area (Å²) < 4.78 is 12.7. The Balaban J connectivity index is 0.000000168. The Hall–Kier alpha value is -3.68. The van der Waals surface area contributed by atoms with Crippen molar-refractivity contribution in [1.29, 1.82) is 0 Å². The zero-order valence-corrected chi connectivity index (χ0v) is 25.8. The molecule has 42 heavy (non-hydrogen) atoms. The maximum absolute atomic E-state index is 6.34. The Kier molecular flexibility index (Phi) is 11.0. The van der Waals surface area contributed by atoms with Gasteiger partial charge in [0.25, 0.3) is 0 Å². The van der Waals surface area contributed by atoms with Crippen LogP contribution in [0.1, 0.15) is 34.8 Å². The molecule has 0 saturated heterocycles. The molecule has 0 amide bonds. The fraction of sp³-hybridized carbons (Fsp3) is 0.222. The van der Waals surface area contributed by atoms with E-state index in [0.717, 1.165) is 37.4 Å². The van der Waals surface area contributed by atoms with Gasteiger partial charge in [-0.1, -0.05) is 84.9 Å². The second-order valence-corrected chi connectivity index (χ2v) is 11.9. The maximum Gasteiger partial charge on any atom is 0.134 e. The van der Waals surface area contributed by atoms with Gasteiger partial charge in [0.1, 0.15) is 23.7 Å². The third kappa shape index (κ3) is 7.78.